The van der Waals surface area contributed by atoms with E-state index in [2.05, 4.69) is 15.9 Å². The first-order chi connectivity index (χ1) is 6.74. The van der Waals surface area contributed by atoms with E-state index in [1.165, 1.54) is 11.8 Å². The van der Waals surface area contributed by atoms with E-state index in [1.807, 2.05) is 12.1 Å². The Bertz CT molecular complexity index is 297. The average molecular weight is 275 g/mol. The number of hydrogen-bond donors (Lipinski definition) is 1. The number of carbonyl (C=O) groups is 1. The molecule has 0 spiro atoms. The number of halogens is 1. The molecule has 1 rings (SSSR count). The molecule has 1 N–H and O–H groups in total. The number of aliphatic hydroxyl groups excluding tert-OH is 1. The predicted molar refractivity (Wildman–Crippen MR) is 62.9 cm³/mol. The van der Waals surface area contributed by atoms with Crippen LogP contribution in [0, 0.1) is 0 Å². The van der Waals surface area contributed by atoms with Gasteiger partial charge in [-0.3, -0.25) is 4.79 Å². The van der Waals surface area contributed by atoms with Gasteiger partial charge in [-0.25, -0.2) is 0 Å². The van der Waals surface area contributed by atoms with Gasteiger partial charge in [0.05, 0.1) is 12.4 Å². The zero-order valence-corrected chi connectivity index (χ0v) is 9.97. The quantitative estimate of drug-likeness (QED) is 0.662. The summed E-state index contributed by atoms with van der Waals surface area (Å²) in [5, 5.41) is 8.55. The second-order valence-corrected chi connectivity index (χ2v) is 4.73. The summed E-state index contributed by atoms with van der Waals surface area (Å²) in [7, 11) is 0. The number of ketones is 1. The van der Waals surface area contributed by atoms with Crippen LogP contribution in [0.15, 0.2) is 28.7 Å². The lowest BCUT2D eigenvalue weighted by Crippen LogP contribution is -2.03. The van der Waals surface area contributed by atoms with Gasteiger partial charge in [0.1, 0.15) is 0 Å². The zero-order valence-electron chi connectivity index (χ0n) is 7.57. The third-order valence-corrected chi connectivity index (χ3v) is 3.10. The van der Waals surface area contributed by atoms with Crippen LogP contribution in [0.3, 0.4) is 0 Å². The van der Waals surface area contributed by atoms with Crippen LogP contribution in [0.4, 0.5) is 0 Å². The monoisotopic (exact) mass is 274 g/mol. The van der Waals surface area contributed by atoms with Gasteiger partial charge in [0, 0.05) is 15.8 Å². The highest BCUT2D eigenvalue weighted by Crippen LogP contribution is 2.12. The summed E-state index contributed by atoms with van der Waals surface area (Å²) in [5.41, 5.74) is 0.721. The fraction of sp³-hybridized carbons (Fsp3) is 0.300. The molecule has 0 amide bonds. The molecule has 0 radical (unpaired) electrons. The van der Waals surface area contributed by atoms with Crippen LogP contribution in [0.1, 0.15) is 10.4 Å². The number of thioether (sulfide) groups is 1. The highest BCUT2D eigenvalue weighted by atomic mass is 79.9. The smallest absolute Gasteiger partial charge is 0.172 e. The summed E-state index contributed by atoms with van der Waals surface area (Å²) in [6.07, 6.45) is 0. The lowest BCUT2D eigenvalue weighted by molar-refractivity contribution is 0.102. The molecule has 1 aromatic carbocycles. The van der Waals surface area contributed by atoms with E-state index in [0.717, 1.165) is 10.0 Å². The summed E-state index contributed by atoms with van der Waals surface area (Å²) in [5.74, 6) is 1.15. The molecule has 0 fully saturated rings. The van der Waals surface area contributed by atoms with Gasteiger partial charge in [0.2, 0.25) is 0 Å². The molecule has 4 heteroatoms. The van der Waals surface area contributed by atoms with Crippen molar-refractivity contribution in [2.75, 3.05) is 18.1 Å². The number of carbonyl (C=O) groups excluding carboxylic acids is 1. The maximum Gasteiger partial charge on any atom is 0.172 e. The average Bonchev–Trinajstić information content (AvgIpc) is 2.19. The first kappa shape index (κ1) is 11.8. The third-order valence-electron chi connectivity index (χ3n) is 1.63. The van der Waals surface area contributed by atoms with E-state index in [-0.39, 0.29) is 12.4 Å². The van der Waals surface area contributed by atoms with Crippen LogP contribution >= 0.6 is 27.7 Å². The maximum atomic E-state index is 11.5. The Labute approximate surface area is 95.8 Å². The van der Waals surface area contributed by atoms with Gasteiger partial charge in [-0.1, -0.05) is 28.1 Å². The second-order valence-electron chi connectivity index (χ2n) is 2.71. The normalized spacial score (nSPS) is 10.1. The van der Waals surface area contributed by atoms with E-state index < -0.39 is 0 Å². The Morgan fingerprint density at radius 1 is 1.36 bits per heavy atom. The molecule has 0 aliphatic rings. The zero-order chi connectivity index (χ0) is 10.4. The molecule has 76 valence electrons. The number of aliphatic hydroxyl groups is 1. The molecule has 0 aliphatic carbocycles. The predicted octanol–water partition coefficient (Wildman–Crippen LogP) is 2.36. The maximum absolute atomic E-state index is 11.5. The lowest BCUT2D eigenvalue weighted by atomic mass is 10.2. The number of benzene rings is 1. The van der Waals surface area contributed by atoms with Crippen LogP contribution in [0.5, 0.6) is 0 Å². The first-order valence-electron chi connectivity index (χ1n) is 4.21. The summed E-state index contributed by atoms with van der Waals surface area (Å²) in [4.78, 5) is 11.5. The molecular formula is C10H11BrO2S. The van der Waals surface area contributed by atoms with Gasteiger partial charge in [0.15, 0.2) is 5.78 Å². The van der Waals surface area contributed by atoms with Crippen molar-refractivity contribution in [1.82, 2.24) is 0 Å². The van der Waals surface area contributed by atoms with Crippen LogP contribution in [0.2, 0.25) is 0 Å². The van der Waals surface area contributed by atoms with Gasteiger partial charge in [-0.2, -0.15) is 11.8 Å². The number of rotatable bonds is 5. The van der Waals surface area contributed by atoms with E-state index in [0.29, 0.717) is 11.5 Å². The molecule has 0 saturated carbocycles. The molecule has 14 heavy (non-hydrogen) atoms. The van der Waals surface area contributed by atoms with Crippen molar-refractivity contribution >= 4 is 33.5 Å². The minimum absolute atomic E-state index is 0.107. The van der Waals surface area contributed by atoms with E-state index >= 15 is 0 Å². The van der Waals surface area contributed by atoms with Gasteiger partial charge < -0.3 is 5.11 Å². The lowest BCUT2D eigenvalue weighted by Gasteiger charge is -2.00. The summed E-state index contributed by atoms with van der Waals surface area (Å²) >= 11 is 4.76. The highest BCUT2D eigenvalue weighted by molar-refractivity contribution is 9.10. The Hall–Kier alpha value is -0.320. The fourth-order valence-corrected chi connectivity index (χ4v) is 1.84. The van der Waals surface area contributed by atoms with Gasteiger partial charge >= 0.3 is 0 Å². The van der Waals surface area contributed by atoms with E-state index in [9.17, 15) is 4.79 Å². The number of Topliss-reactive ketones (excluding diaryl/α,β-unsaturated/α-hetero) is 1. The minimum Gasteiger partial charge on any atom is -0.396 e. The van der Waals surface area contributed by atoms with Crippen LogP contribution in [-0.2, 0) is 0 Å². The van der Waals surface area contributed by atoms with Crippen molar-refractivity contribution in [3.05, 3.63) is 34.3 Å². The topological polar surface area (TPSA) is 37.3 Å². The molecule has 0 aromatic heterocycles. The first-order valence-corrected chi connectivity index (χ1v) is 6.16. The standard InChI is InChI=1S/C10H11BrO2S/c11-9-3-1-8(2-4-9)10(13)7-14-6-5-12/h1-4,12H,5-7H2. The number of hydrogen-bond acceptors (Lipinski definition) is 3. The molecule has 0 unspecified atom stereocenters. The van der Waals surface area contributed by atoms with E-state index in [4.69, 9.17) is 5.11 Å². The summed E-state index contributed by atoms with van der Waals surface area (Å²) in [6.45, 7) is 0.123. The molecule has 0 saturated heterocycles. The molecule has 2 nitrogen and oxygen atoms in total. The Balaban J connectivity index is 2.48. The van der Waals surface area contributed by atoms with Crippen molar-refractivity contribution in [1.29, 1.82) is 0 Å². The fourth-order valence-electron chi connectivity index (χ4n) is 0.949. The van der Waals surface area contributed by atoms with Crippen molar-refractivity contribution in [3.8, 4) is 0 Å². The molecule has 0 atom stereocenters. The summed E-state index contributed by atoms with van der Waals surface area (Å²) in [6, 6.07) is 7.30. The molecule has 1 aromatic rings. The van der Waals surface area contributed by atoms with Crippen LogP contribution < -0.4 is 0 Å². The van der Waals surface area contributed by atoms with Gasteiger partial charge in [-0.15, -0.1) is 0 Å². The van der Waals surface area contributed by atoms with E-state index in [1.54, 1.807) is 12.1 Å². The van der Waals surface area contributed by atoms with Gasteiger partial charge in [-0.05, 0) is 12.1 Å². The largest absolute Gasteiger partial charge is 0.396 e. The van der Waals surface area contributed by atoms with Crippen molar-refractivity contribution in [3.63, 3.8) is 0 Å². The Morgan fingerprint density at radius 3 is 2.57 bits per heavy atom. The molecule has 0 aliphatic heterocycles. The van der Waals surface area contributed by atoms with Crippen LogP contribution in [-0.4, -0.2) is 29.0 Å². The summed E-state index contributed by atoms with van der Waals surface area (Å²) < 4.78 is 0.970. The third kappa shape index (κ3) is 3.82. The van der Waals surface area contributed by atoms with Crippen LogP contribution in [0.25, 0.3) is 0 Å². The SMILES string of the molecule is O=C(CSCCO)c1ccc(Br)cc1. The molecular weight excluding hydrogens is 264 g/mol. The second kappa shape index (κ2) is 6.22. The van der Waals surface area contributed by atoms with Crippen molar-refractivity contribution < 1.29 is 9.90 Å². The van der Waals surface area contributed by atoms with Crippen molar-refractivity contribution in [2.45, 2.75) is 0 Å². The van der Waals surface area contributed by atoms with Gasteiger partial charge in [0.25, 0.3) is 0 Å². The Morgan fingerprint density at radius 2 is 2.00 bits per heavy atom. The Kier molecular flexibility index (Phi) is 5.22. The minimum atomic E-state index is 0.107. The molecule has 0 bridgehead atoms. The highest BCUT2D eigenvalue weighted by Gasteiger charge is 2.04. The van der Waals surface area contributed by atoms with Crippen molar-refractivity contribution in [2.24, 2.45) is 0 Å². The molecule has 0 heterocycles.